The summed E-state index contributed by atoms with van der Waals surface area (Å²) in [4.78, 5) is 32.8. The first-order chi connectivity index (χ1) is 15.9. The van der Waals surface area contributed by atoms with Crippen molar-refractivity contribution in [2.24, 2.45) is 5.92 Å². The van der Waals surface area contributed by atoms with E-state index in [-0.39, 0.29) is 23.8 Å². The average molecular weight is 448 g/mol. The van der Waals surface area contributed by atoms with E-state index in [2.05, 4.69) is 37.3 Å². The van der Waals surface area contributed by atoms with Crippen molar-refractivity contribution >= 4 is 22.8 Å². The molecule has 1 N–H and O–H groups in total. The number of likely N-dealkylation sites (tertiary alicyclic amines) is 1. The minimum Gasteiger partial charge on any atom is -0.356 e. The van der Waals surface area contributed by atoms with Crippen LogP contribution in [-0.4, -0.2) is 51.1 Å². The zero-order valence-corrected chi connectivity index (χ0v) is 20.0. The van der Waals surface area contributed by atoms with E-state index in [0.29, 0.717) is 38.0 Å². The number of rotatable bonds is 6. The maximum atomic E-state index is 13.7. The summed E-state index contributed by atoms with van der Waals surface area (Å²) in [5.74, 6) is 0.0625. The predicted molar refractivity (Wildman–Crippen MR) is 130 cm³/mol. The van der Waals surface area contributed by atoms with Gasteiger partial charge in [0.25, 0.3) is 5.91 Å². The van der Waals surface area contributed by atoms with Crippen LogP contribution in [0.1, 0.15) is 62.0 Å². The Kier molecular flexibility index (Phi) is 6.77. The molecular formula is C26H33N5O2. The summed E-state index contributed by atoms with van der Waals surface area (Å²) in [6, 6.07) is 10.1. The van der Waals surface area contributed by atoms with E-state index in [0.717, 1.165) is 34.3 Å². The maximum Gasteiger partial charge on any atom is 0.254 e. The van der Waals surface area contributed by atoms with Gasteiger partial charge in [-0.15, -0.1) is 0 Å². The first kappa shape index (κ1) is 23.0. The Morgan fingerprint density at radius 2 is 1.91 bits per heavy atom. The number of fused-ring (bicyclic) bond motifs is 1. The molecule has 0 spiro atoms. The molecule has 33 heavy (non-hydrogen) atoms. The third kappa shape index (κ3) is 4.63. The van der Waals surface area contributed by atoms with E-state index < -0.39 is 0 Å². The summed E-state index contributed by atoms with van der Waals surface area (Å²) in [7, 11) is 0. The van der Waals surface area contributed by atoms with Gasteiger partial charge in [0.05, 0.1) is 22.8 Å². The second-order valence-electron chi connectivity index (χ2n) is 9.15. The molecule has 3 aromatic rings. The number of carbonyl (C=O) groups is 2. The molecule has 0 atom stereocenters. The summed E-state index contributed by atoms with van der Waals surface area (Å²) in [6.07, 6.45) is 4.05. The van der Waals surface area contributed by atoms with Gasteiger partial charge in [-0.1, -0.05) is 31.2 Å². The molecule has 1 fully saturated rings. The van der Waals surface area contributed by atoms with E-state index in [1.165, 1.54) is 0 Å². The van der Waals surface area contributed by atoms with E-state index in [4.69, 9.17) is 4.98 Å². The van der Waals surface area contributed by atoms with Gasteiger partial charge in [-0.05, 0) is 51.7 Å². The summed E-state index contributed by atoms with van der Waals surface area (Å²) < 4.78 is 1.87. The quantitative estimate of drug-likeness (QED) is 0.609. The summed E-state index contributed by atoms with van der Waals surface area (Å²) >= 11 is 0. The van der Waals surface area contributed by atoms with Gasteiger partial charge < -0.3 is 10.2 Å². The molecule has 0 saturated carbocycles. The number of pyridine rings is 1. The van der Waals surface area contributed by atoms with E-state index in [1.54, 1.807) is 6.20 Å². The van der Waals surface area contributed by atoms with Gasteiger partial charge in [-0.25, -0.2) is 9.67 Å². The fourth-order valence-corrected chi connectivity index (χ4v) is 4.48. The molecule has 0 aliphatic carbocycles. The number of piperidine rings is 1. The molecule has 1 aliphatic rings. The van der Waals surface area contributed by atoms with Crippen molar-refractivity contribution in [1.82, 2.24) is 25.0 Å². The lowest BCUT2D eigenvalue weighted by Gasteiger charge is -2.31. The third-order valence-corrected chi connectivity index (χ3v) is 6.41. The molecule has 0 bridgehead atoms. The van der Waals surface area contributed by atoms with Crippen molar-refractivity contribution in [2.45, 2.75) is 53.0 Å². The lowest BCUT2D eigenvalue weighted by molar-refractivity contribution is -0.126. The zero-order valence-electron chi connectivity index (χ0n) is 20.0. The number of benzene rings is 1. The zero-order chi connectivity index (χ0) is 23.5. The van der Waals surface area contributed by atoms with Crippen LogP contribution in [0.15, 0.2) is 36.5 Å². The number of aromatic nitrogens is 3. The van der Waals surface area contributed by atoms with Crippen molar-refractivity contribution in [3.05, 3.63) is 47.7 Å². The van der Waals surface area contributed by atoms with Crippen LogP contribution in [0.3, 0.4) is 0 Å². The topological polar surface area (TPSA) is 80.1 Å². The molecule has 2 amide bonds. The third-order valence-electron chi connectivity index (χ3n) is 6.41. The van der Waals surface area contributed by atoms with Crippen LogP contribution in [0.5, 0.6) is 0 Å². The molecular weight excluding hydrogens is 414 g/mol. The molecule has 3 heterocycles. The van der Waals surface area contributed by atoms with Gasteiger partial charge in [0.15, 0.2) is 5.65 Å². The Balaban J connectivity index is 1.66. The molecule has 1 aromatic carbocycles. The first-order valence-corrected chi connectivity index (χ1v) is 11.9. The highest BCUT2D eigenvalue weighted by molar-refractivity contribution is 6.06. The van der Waals surface area contributed by atoms with E-state index in [1.807, 2.05) is 40.8 Å². The number of hydrogen-bond donors (Lipinski definition) is 1. The average Bonchev–Trinajstić information content (AvgIpc) is 3.26. The highest BCUT2D eigenvalue weighted by atomic mass is 16.2. The Morgan fingerprint density at radius 3 is 2.58 bits per heavy atom. The molecule has 0 radical (unpaired) electrons. The highest BCUT2D eigenvalue weighted by Crippen LogP contribution is 2.30. The molecule has 1 aliphatic heterocycles. The van der Waals surface area contributed by atoms with Crippen LogP contribution < -0.4 is 5.32 Å². The summed E-state index contributed by atoms with van der Waals surface area (Å²) in [5, 5.41) is 8.29. The van der Waals surface area contributed by atoms with Gasteiger partial charge in [0.2, 0.25) is 5.91 Å². The Hall–Kier alpha value is -3.22. The Morgan fingerprint density at radius 1 is 1.18 bits per heavy atom. The Labute approximate surface area is 195 Å². The first-order valence-electron chi connectivity index (χ1n) is 11.9. The monoisotopic (exact) mass is 447 g/mol. The SMILES string of the molecule is CCCNC(=O)C1CCN(C(=O)c2cc(-c3ccccc3C)nc3c2cnn3C(C)C)CC1. The normalized spacial score (nSPS) is 14.8. The molecule has 0 unspecified atom stereocenters. The number of aryl methyl sites for hydroxylation is 1. The van der Waals surface area contributed by atoms with Gasteiger partial charge in [0, 0.05) is 37.2 Å². The minimum absolute atomic E-state index is 0.0204. The lowest BCUT2D eigenvalue weighted by Crippen LogP contribution is -2.43. The van der Waals surface area contributed by atoms with Crippen LogP contribution in [-0.2, 0) is 4.79 Å². The number of nitrogens with zero attached hydrogens (tertiary/aromatic N) is 4. The van der Waals surface area contributed by atoms with Gasteiger partial charge in [-0.3, -0.25) is 9.59 Å². The molecule has 7 nitrogen and oxygen atoms in total. The van der Waals surface area contributed by atoms with E-state index >= 15 is 0 Å². The number of nitrogens with one attached hydrogen (secondary N) is 1. The standard InChI is InChI=1S/C26H33N5O2/c1-5-12-27-25(32)19-10-13-30(14-11-19)26(33)21-15-23(20-9-7-6-8-18(20)4)29-24-22(21)16-28-31(24)17(2)3/h6-9,15-17,19H,5,10-14H2,1-4H3,(H,27,32). The van der Waals surface area contributed by atoms with E-state index in [9.17, 15) is 9.59 Å². The molecule has 4 rings (SSSR count). The lowest BCUT2D eigenvalue weighted by atomic mass is 9.95. The van der Waals surface area contributed by atoms with Crippen LogP contribution in [0.4, 0.5) is 0 Å². The van der Waals surface area contributed by atoms with Gasteiger partial charge >= 0.3 is 0 Å². The maximum absolute atomic E-state index is 13.7. The second kappa shape index (κ2) is 9.73. The Bertz CT molecular complexity index is 1160. The van der Waals surface area contributed by atoms with Crippen molar-refractivity contribution in [3.8, 4) is 11.3 Å². The fraction of sp³-hybridized carbons (Fsp3) is 0.462. The van der Waals surface area contributed by atoms with Crippen LogP contribution >= 0.6 is 0 Å². The molecule has 1 saturated heterocycles. The largest absolute Gasteiger partial charge is 0.356 e. The van der Waals surface area contributed by atoms with Crippen molar-refractivity contribution in [1.29, 1.82) is 0 Å². The summed E-state index contributed by atoms with van der Waals surface area (Å²) in [5.41, 5.74) is 4.25. The smallest absolute Gasteiger partial charge is 0.254 e. The summed E-state index contributed by atoms with van der Waals surface area (Å²) in [6.45, 7) is 10.1. The number of amides is 2. The highest BCUT2D eigenvalue weighted by Gasteiger charge is 2.29. The number of hydrogen-bond acceptors (Lipinski definition) is 4. The van der Waals surface area contributed by atoms with Crippen molar-refractivity contribution in [3.63, 3.8) is 0 Å². The van der Waals surface area contributed by atoms with Crippen molar-refractivity contribution < 1.29 is 9.59 Å². The van der Waals surface area contributed by atoms with Crippen LogP contribution in [0, 0.1) is 12.8 Å². The predicted octanol–water partition coefficient (Wildman–Crippen LogP) is 4.37. The molecule has 174 valence electrons. The van der Waals surface area contributed by atoms with Crippen LogP contribution in [0.25, 0.3) is 22.3 Å². The van der Waals surface area contributed by atoms with Gasteiger partial charge in [-0.2, -0.15) is 5.10 Å². The fourth-order valence-electron chi connectivity index (χ4n) is 4.48. The molecule has 7 heteroatoms. The van der Waals surface area contributed by atoms with Crippen LogP contribution in [0.2, 0.25) is 0 Å². The second-order valence-corrected chi connectivity index (χ2v) is 9.15. The number of carbonyl (C=O) groups excluding carboxylic acids is 2. The van der Waals surface area contributed by atoms with Crippen molar-refractivity contribution in [2.75, 3.05) is 19.6 Å². The molecule has 2 aromatic heterocycles. The minimum atomic E-state index is -0.0238. The van der Waals surface area contributed by atoms with Gasteiger partial charge in [0.1, 0.15) is 0 Å².